The van der Waals surface area contributed by atoms with E-state index in [0.29, 0.717) is 11.4 Å². The zero-order chi connectivity index (χ0) is 16.2. The molecule has 1 heterocycles. The average molecular weight is 315 g/mol. The number of hydrogen-bond donors (Lipinski definition) is 1. The molecule has 0 aliphatic heterocycles. The molecular weight excluding hydrogens is 286 g/mol. The fraction of sp³-hybridized carbons (Fsp3) is 0.733. The van der Waals surface area contributed by atoms with Crippen molar-refractivity contribution in [3.05, 3.63) is 18.0 Å². The van der Waals surface area contributed by atoms with E-state index in [0.717, 1.165) is 18.7 Å². The number of hydrogen-bond acceptors (Lipinski definition) is 3. The van der Waals surface area contributed by atoms with Gasteiger partial charge in [-0.1, -0.05) is 20.8 Å². The van der Waals surface area contributed by atoms with Crippen molar-refractivity contribution in [1.29, 1.82) is 0 Å². The maximum absolute atomic E-state index is 12.7. The quantitative estimate of drug-likeness (QED) is 0.748. The van der Waals surface area contributed by atoms with Gasteiger partial charge in [-0.2, -0.15) is 4.31 Å². The molecule has 0 aliphatic carbocycles. The third-order valence-electron chi connectivity index (χ3n) is 4.03. The molecule has 1 aromatic rings. The van der Waals surface area contributed by atoms with E-state index in [4.69, 9.17) is 0 Å². The molecule has 1 atom stereocenters. The lowest BCUT2D eigenvalue weighted by Gasteiger charge is -2.26. The number of aromatic nitrogens is 1. The Morgan fingerprint density at radius 2 is 1.95 bits per heavy atom. The van der Waals surface area contributed by atoms with Crippen molar-refractivity contribution in [2.24, 2.45) is 13.0 Å². The summed E-state index contributed by atoms with van der Waals surface area (Å²) >= 11 is 0. The summed E-state index contributed by atoms with van der Waals surface area (Å²) in [5.41, 5.74) is 0.979. The number of nitrogens with one attached hydrogen (secondary N) is 1. The van der Waals surface area contributed by atoms with Crippen LogP contribution in [-0.2, 0) is 23.6 Å². The molecule has 1 unspecified atom stereocenters. The molecule has 0 radical (unpaired) electrons. The highest BCUT2D eigenvalue weighted by Crippen LogP contribution is 2.21. The third-order valence-corrected chi connectivity index (χ3v) is 5.94. The highest BCUT2D eigenvalue weighted by atomic mass is 32.2. The first kappa shape index (κ1) is 18.2. The molecule has 21 heavy (non-hydrogen) atoms. The van der Waals surface area contributed by atoms with Crippen molar-refractivity contribution < 1.29 is 8.42 Å². The Kier molecular flexibility index (Phi) is 6.43. The van der Waals surface area contributed by atoms with E-state index in [9.17, 15) is 8.42 Å². The second-order valence-electron chi connectivity index (χ2n) is 5.96. The number of sulfonamides is 1. The van der Waals surface area contributed by atoms with E-state index in [-0.39, 0.29) is 12.0 Å². The normalized spacial score (nSPS) is 14.1. The van der Waals surface area contributed by atoms with Crippen molar-refractivity contribution in [1.82, 2.24) is 14.2 Å². The van der Waals surface area contributed by atoms with Crippen molar-refractivity contribution in [2.45, 2.75) is 51.6 Å². The topological polar surface area (TPSA) is 54.3 Å². The largest absolute Gasteiger partial charge is 0.352 e. The van der Waals surface area contributed by atoms with Crippen LogP contribution in [0.1, 0.15) is 39.8 Å². The summed E-state index contributed by atoms with van der Waals surface area (Å²) < 4.78 is 28.7. The molecule has 0 saturated heterocycles. The van der Waals surface area contributed by atoms with Crippen molar-refractivity contribution in [2.75, 3.05) is 13.6 Å². The lowest BCUT2D eigenvalue weighted by molar-refractivity contribution is 0.316. The molecule has 1 rings (SSSR count). The molecule has 6 heteroatoms. The maximum Gasteiger partial charge on any atom is 0.244 e. The lowest BCUT2D eigenvalue weighted by atomic mass is 10.1. The summed E-state index contributed by atoms with van der Waals surface area (Å²) in [6.45, 7) is 9.72. The van der Waals surface area contributed by atoms with Crippen LogP contribution < -0.4 is 5.32 Å². The highest BCUT2D eigenvalue weighted by molar-refractivity contribution is 7.89. The van der Waals surface area contributed by atoms with Crippen molar-refractivity contribution in [3.63, 3.8) is 0 Å². The van der Waals surface area contributed by atoms with Gasteiger partial charge in [-0.05, 0) is 31.9 Å². The first-order valence-corrected chi connectivity index (χ1v) is 8.99. The molecule has 0 fully saturated rings. The fourth-order valence-electron chi connectivity index (χ4n) is 2.09. The van der Waals surface area contributed by atoms with Gasteiger partial charge in [0, 0.05) is 38.6 Å². The van der Waals surface area contributed by atoms with Crippen LogP contribution in [0.25, 0.3) is 0 Å². The smallest absolute Gasteiger partial charge is 0.244 e. The first-order chi connectivity index (χ1) is 9.71. The summed E-state index contributed by atoms with van der Waals surface area (Å²) in [6, 6.07) is 1.73. The van der Waals surface area contributed by atoms with Crippen LogP contribution >= 0.6 is 0 Å². The van der Waals surface area contributed by atoms with Gasteiger partial charge in [-0.15, -0.1) is 0 Å². The molecule has 0 saturated carbocycles. The summed E-state index contributed by atoms with van der Waals surface area (Å²) in [5, 5.41) is 3.30. The van der Waals surface area contributed by atoms with E-state index >= 15 is 0 Å². The Bertz CT molecular complexity index is 549. The minimum absolute atomic E-state index is 0.0307. The van der Waals surface area contributed by atoms with Gasteiger partial charge in [-0.25, -0.2) is 8.42 Å². The lowest BCUT2D eigenvalue weighted by Crippen LogP contribution is -2.38. The molecule has 122 valence electrons. The highest BCUT2D eigenvalue weighted by Gasteiger charge is 2.28. The molecule has 0 bridgehead atoms. The van der Waals surface area contributed by atoms with Crippen LogP contribution in [0.3, 0.4) is 0 Å². The van der Waals surface area contributed by atoms with Gasteiger partial charge >= 0.3 is 0 Å². The Morgan fingerprint density at radius 1 is 1.33 bits per heavy atom. The van der Waals surface area contributed by atoms with Crippen LogP contribution in [0.4, 0.5) is 0 Å². The van der Waals surface area contributed by atoms with Crippen LogP contribution in [0.15, 0.2) is 17.2 Å². The minimum Gasteiger partial charge on any atom is -0.352 e. The summed E-state index contributed by atoms with van der Waals surface area (Å²) in [6.07, 6.45) is 2.76. The minimum atomic E-state index is -3.43. The van der Waals surface area contributed by atoms with E-state index in [2.05, 4.69) is 12.2 Å². The predicted molar refractivity (Wildman–Crippen MR) is 86.7 cm³/mol. The molecule has 0 aromatic carbocycles. The molecule has 0 aliphatic rings. The van der Waals surface area contributed by atoms with Gasteiger partial charge in [-0.3, -0.25) is 0 Å². The maximum atomic E-state index is 12.7. The van der Waals surface area contributed by atoms with Gasteiger partial charge < -0.3 is 9.88 Å². The Balaban J connectivity index is 2.96. The van der Waals surface area contributed by atoms with Gasteiger partial charge in [0.2, 0.25) is 10.0 Å². The summed E-state index contributed by atoms with van der Waals surface area (Å²) in [4.78, 5) is 0.369. The molecule has 0 spiro atoms. The predicted octanol–water partition coefficient (Wildman–Crippen LogP) is 2.19. The molecule has 0 amide bonds. The Hall–Kier alpha value is -0.850. The van der Waals surface area contributed by atoms with Crippen LogP contribution in [0, 0.1) is 5.92 Å². The molecular formula is C15H29N3O2S. The molecule has 1 aromatic heterocycles. The Morgan fingerprint density at radius 3 is 2.48 bits per heavy atom. The van der Waals surface area contributed by atoms with E-state index in [1.165, 1.54) is 4.31 Å². The first-order valence-electron chi connectivity index (χ1n) is 7.55. The third kappa shape index (κ3) is 4.31. The second-order valence-corrected chi connectivity index (χ2v) is 7.96. The van der Waals surface area contributed by atoms with Crippen LogP contribution in [0.2, 0.25) is 0 Å². The summed E-state index contributed by atoms with van der Waals surface area (Å²) in [7, 11) is 0.107. The van der Waals surface area contributed by atoms with Gasteiger partial charge in [0.1, 0.15) is 4.90 Å². The molecule has 1 N–H and O–H groups in total. The van der Waals surface area contributed by atoms with E-state index in [1.54, 1.807) is 19.3 Å². The average Bonchev–Trinajstić information content (AvgIpc) is 2.79. The zero-order valence-electron chi connectivity index (χ0n) is 14.0. The van der Waals surface area contributed by atoms with Gasteiger partial charge in [0.25, 0.3) is 0 Å². The number of nitrogens with zero attached hydrogens (tertiary/aromatic N) is 2. The van der Waals surface area contributed by atoms with E-state index < -0.39 is 10.0 Å². The number of aryl methyl sites for hydroxylation is 1. The fourth-order valence-corrected chi connectivity index (χ4v) is 3.68. The number of rotatable bonds is 8. The SMILES string of the molecule is CCCNCc1cc(S(=O)(=O)N(C)C(C)C(C)C)cn1C. The van der Waals surface area contributed by atoms with Gasteiger partial charge in [0.05, 0.1) is 0 Å². The Labute approximate surface area is 129 Å². The van der Waals surface area contributed by atoms with Gasteiger partial charge in [0.15, 0.2) is 0 Å². The zero-order valence-corrected chi connectivity index (χ0v) is 14.9. The molecule has 5 nitrogen and oxygen atoms in total. The van der Waals surface area contributed by atoms with Crippen LogP contribution in [-0.4, -0.2) is 36.9 Å². The van der Waals surface area contributed by atoms with E-state index in [1.807, 2.05) is 32.4 Å². The monoisotopic (exact) mass is 315 g/mol. The van der Waals surface area contributed by atoms with Crippen molar-refractivity contribution >= 4 is 10.0 Å². The van der Waals surface area contributed by atoms with Crippen molar-refractivity contribution in [3.8, 4) is 0 Å². The summed E-state index contributed by atoms with van der Waals surface area (Å²) in [5.74, 6) is 0.277. The second kappa shape index (κ2) is 7.42. The standard InChI is InChI=1S/C15H29N3O2S/c1-7-8-16-10-14-9-15(11-17(14)5)21(19,20)18(6)13(4)12(2)3/h9,11-13,16H,7-8,10H2,1-6H3. The van der Waals surface area contributed by atoms with Crippen LogP contribution in [0.5, 0.6) is 0 Å².